The first kappa shape index (κ1) is 10.9. The molecule has 0 radical (unpaired) electrons. The summed E-state index contributed by atoms with van der Waals surface area (Å²) in [5.41, 5.74) is 1.02. The lowest BCUT2D eigenvalue weighted by molar-refractivity contribution is 0.673. The Morgan fingerprint density at radius 2 is 2.14 bits per heavy atom. The van der Waals surface area contributed by atoms with Crippen LogP contribution < -0.4 is 0 Å². The third-order valence-electron chi connectivity index (χ3n) is 2.05. The van der Waals surface area contributed by atoms with E-state index in [9.17, 15) is 4.21 Å². The average Bonchev–Trinajstić information content (AvgIpc) is 2.18. The Kier molecular flexibility index (Phi) is 3.84. The van der Waals surface area contributed by atoms with E-state index in [0.29, 0.717) is 6.42 Å². The highest BCUT2D eigenvalue weighted by molar-refractivity contribution is 7.85. The number of rotatable bonds is 3. The van der Waals surface area contributed by atoms with Crippen molar-refractivity contribution < 1.29 is 4.21 Å². The molecule has 2 nitrogen and oxygen atoms in total. The average molecular weight is 207 g/mol. The maximum absolute atomic E-state index is 11.9. The predicted molar refractivity (Wildman–Crippen MR) is 57.3 cm³/mol. The fourth-order valence-electron chi connectivity index (χ4n) is 1.20. The summed E-state index contributed by atoms with van der Waals surface area (Å²) in [6.45, 7) is 3.78. The molecule has 0 aliphatic carbocycles. The molecule has 0 bridgehead atoms. The van der Waals surface area contributed by atoms with Crippen molar-refractivity contribution in [2.45, 2.75) is 30.4 Å². The molecule has 0 N–H and O–H groups in total. The van der Waals surface area contributed by atoms with Gasteiger partial charge in [-0.1, -0.05) is 18.2 Å². The molecule has 0 spiro atoms. The van der Waals surface area contributed by atoms with Gasteiger partial charge in [0.15, 0.2) is 0 Å². The number of nitriles is 1. The Balaban J connectivity index is 2.91. The van der Waals surface area contributed by atoms with Crippen LogP contribution in [-0.2, 0) is 10.8 Å². The summed E-state index contributed by atoms with van der Waals surface area (Å²) in [7, 11) is -1.06. The first-order valence-electron chi connectivity index (χ1n) is 4.50. The van der Waals surface area contributed by atoms with Gasteiger partial charge in [-0.05, 0) is 25.5 Å². The first-order valence-corrected chi connectivity index (χ1v) is 5.71. The molecule has 1 aromatic rings. The second kappa shape index (κ2) is 4.92. The number of benzene rings is 1. The predicted octanol–water partition coefficient (Wildman–Crippen LogP) is 2.40. The van der Waals surface area contributed by atoms with Gasteiger partial charge in [-0.2, -0.15) is 5.26 Å². The summed E-state index contributed by atoms with van der Waals surface area (Å²) in [5, 5.41) is 8.42. The lowest BCUT2D eigenvalue weighted by Gasteiger charge is -2.09. The van der Waals surface area contributed by atoms with E-state index < -0.39 is 10.8 Å². The molecule has 0 saturated carbocycles. The molecule has 0 fully saturated rings. The van der Waals surface area contributed by atoms with Crippen LogP contribution in [0.3, 0.4) is 0 Å². The molecule has 2 atom stereocenters. The van der Waals surface area contributed by atoms with Crippen LogP contribution in [0.4, 0.5) is 0 Å². The third-order valence-corrected chi connectivity index (χ3v) is 3.84. The Hall–Kier alpha value is -1.14. The molecule has 0 saturated heterocycles. The second-order valence-electron chi connectivity index (χ2n) is 3.24. The van der Waals surface area contributed by atoms with E-state index in [1.807, 2.05) is 44.2 Å². The minimum atomic E-state index is -1.06. The van der Waals surface area contributed by atoms with E-state index >= 15 is 0 Å². The van der Waals surface area contributed by atoms with Crippen molar-refractivity contribution in [3.05, 3.63) is 29.8 Å². The minimum absolute atomic E-state index is 0.0962. The summed E-state index contributed by atoms with van der Waals surface area (Å²) in [6.07, 6.45) is 0.334. The van der Waals surface area contributed by atoms with Gasteiger partial charge in [-0.15, -0.1) is 0 Å². The van der Waals surface area contributed by atoms with Crippen molar-refractivity contribution in [1.29, 1.82) is 5.26 Å². The zero-order valence-corrected chi connectivity index (χ0v) is 9.17. The molecule has 0 aromatic heterocycles. The molecule has 74 valence electrons. The normalized spacial score (nSPS) is 14.4. The van der Waals surface area contributed by atoms with E-state index in [-0.39, 0.29) is 5.25 Å². The zero-order chi connectivity index (χ0) is 10.6. The largest absolute Gasteiger partial charge is 0.254 e. The topological polar surface area (TPSA) is 40.9 Å². The van der Waals surface area contributed by atoms with Crippen molar-refractivity contribution in [1.82, 2.24) is 0 Å². The van der Waals surface area contributed by atoms with Crippen LogP contribution in [0.1, 0.15) is 18.9 Å². The van der Waals surface area contributed by atoms with Crippen molar-refractivity contribution in [3.63, 3.8) is 0 Å². The molecule has 0 aliphatic heterocycles. The fourth-order valence-corrected chi connectivity index (χ4v) is 2.46. The van der Waals surface area contributed by atoms with Gasteiger partial charge in [-0.25, -0.2) is 0 Å². The summed E-state index contributed by atoms with van der Waals surface area (Å²) in [6, 6.07) is 9.64. The Morgan fingerprint density at radius 1 is 1.50 bits per heavy atom. The summed E-state index contributed by atoms with van der Waals surface area (Å²) >= 11 is 0. The van der Waals surface area contributed by atoms with Crippen LogP contribution in [0, 0.1) is 18.3 Å². The second-order valence-corrected chi connectivity index (χ2v) is 5.08. The first-order chi connectivity index (χ1) is 6.66. The van der Waals surface area contributed by atoms with Crippen LogP contribution in [-0.4, -0.2) is 9.46 Å². The standard InChI is InChI=1S/C11H13NOS/c1-9-5-3-4-6-11(9)14(13)10(2)7-8-12/h3-6,10H,7H2,1-2H3. The molecule has 3 heteroatoms. The molecule has 1 aromatic carbocycles. The van der Waals surface area contributed by atoms with Gasteiger partial charge < -0.3 is 0 Å². The van der Waals surface area contributed by atoms with Crippen LogP contribution in [0.15, 0.2) is 29.2 Å². The van der Waals surface area contributed by atoms with Crippen LogP contribution in [0.2, 0.25) is 0 Å². The molecule has 1 rings (SSSR count). The minimum Gasteiger partial charge on any atom is -0.254 e. The van der Waals surface area contributed by atoms with Crippen LogP contribution >= 0.6 is 0 Å². The molecule has 0 aliphatic rings. The van der Waals surface area contributed by atoms with Gasteiger partial charge >= 0.3 is 0 Å². The molecular formula is C11H13NOS. The van der Waals surface area contributed by atoms with Gasteiger partial charge in [0, 0.05) is 16.6 Å². The van der Waals surface area contributed by atoms with E-state index in [0.717, 1.165) is 10.5 Å². The Bertz CT molecular complexity index is 381. The van der Waals surface area contributed by atoms with Crippen molar-refractivity contribution in [2.24, 2.45) is 0 Å². The highest BCUT2D eigenvalue weighted by atomic mass is 32.2. The molecule has 2 unspecified atom stereocenters. The van der Waals surface area contributed by atoms with Crippen LogP contribution in [0.5, 0.6) is 0 Å². The van der Waals surface area contributed by atoms with Gasteiger partial charge in [-0.3, -0.25) is 4.21 Å². The highest BCUT2D eigenvalue weighted by Crippen LogP contribution is 2.17. The number of hydrogen-bond acceptors (Lipinski definition) is 2. The Labute approximate surface area is 87.0 Å². The lowest BCUT2D eigenvalue weighted by Crippen LogP contribution is -2.10. The maximum Gasteiger partial charge on any atom is 0.0634 e. The quantitative estimate of drug-likeness (QED) is 0.763. The van der Waals surface area contributed by atoms with Crippen molar-refractivity contribution in [2.75, 3.05) is 0 Å². The lowest BCUT2D eigenvalue weighted by atomic mass is 10.2. The summed E-state index contributed by atoms with van der Waals surface area (Å²) in [5.74, 6) is 0. The smallest absolute Gasteiger partial charge is 0.0634 e. The maximum atomic E-state index is 11.9. The van der Waals surface area contributed by atoms with E-state index in [4.69, 9.17) is 5.26 Å². The zero-order valence-electron chi connectivity index (χ0n) is 8.36. The van der Waals surface area contributed by atoms with E-state index in [1.165, 1.54) is 0 Å². The van der Waals surface area contributed by atoms with E-state index in [1.54, 1.807) is 0 Å². The number of aryl methyl sites for hydroxylation is 1. The molecule has 0 heterocycles. The monoisotopic (exact) mass is 207 g/mol. The Morgan fingerprint density at radius 3 is 2.71 bits per heavy atom. The summed E-state index contributed by atoms with van der Waals surface area (Å²) in [4.78, 5) is 0.843. The SMILES string of the molecule is Cc1ccccc1S(=O)C(C)CC#N. The van der Waals surface area contributed by atoms with Gasteiger partial charge in [0.05, 0.1) is 16.9 Å². The highest BCUT2D eigenvalue weighted by Gasteiger charge is 2.14. The third kappa shape index (κ3) is 2.43. The number of nitrogens with zero attached hydrogens (tertiary/aromatic N) is 1. The van der Waals surface area contributed by atoms with Gasteiger partial charge in [0.1, 0.15) is 0 Å². The van der Waals surface area contributed by atoms with Crippen molar-refractivity contribution >= 4 is 10.8 Å². The summed E-state index contributed by atoms with van der Waals surface area (Å²) < 4.78 is 11.9. The number of hydrogen-bond donors (Lipinski definition) is 0. The van der Waals surface area contributed by atoms with Crippen LogP contribution in [0.25, 0.3) is 0 Å². The van der Waals surface area contributed by atoms with Crippen molar-refractivity contribution in [3.8, 4) is 6.07 Å². The molecule has 14 heavy (non-hydrogen) atoms. The van der Waals surface area contributed by atoms with E-state index in [2.05, 4.69) is 0 Å². The van der Waals surface area contributed by atoms with Gasteiger partial charge in [0.25, 0.3) is 0 Å². The van der Waals surface area contributed by atoms with Gasteiger partial charge in [0.2, 0.25) is 0 Å². The molecule has 0 amide bonds. The molecular weight excluding hydrogens is 194 g/mol. The fraction of sp³-hybridized carbons (Fsp3) is 0.364.